The number of nitrogens with zero attached hydrogens (tertiary/aromatic N) is 2. The first kappa shape index (κ1) is 13.4. The maximum absolute atomic E-state index is 5.22. The van der Waals surface area contributed by atoms with Crippen LogP contribution in [0.15, 0.2) is 6.33 Å². The Morgan fingerprint density at radius 3 is 2.44 bits per heavy atom. The van der Waals surface area contributed by atoms with Crippen molar-refractivity contribution >= 4 is 12.2 Å². The lowest BCUT2D eigenvalue weighted by Gasteiger charge is -2.27. The Morgan fingerprint density at radius 2 is 2.06 bits per heavy atom. The molecule has 1 aromatic rings. The SMILES string of the molecule is CC(C)CC(CC(C)(C)C)n1[nH]cnc1=S. The highest BCUT2D eigenvalue weighted by molar-refractivity contribution is 7.71. The lowest BCUT2D eigenvalue weighted by atomic mass is 9.85. The van der Waals surface area contributed by atoms with Crippen LogP contribution in [-0.2, 0) is 0 Å². The summed E-state index contributed by atoms with van der Waals surface area (Å²) < 4.78 is 2.69. The van der Waals surface area contributed by atoms with Crippen molar-refractivity contribution in [3.8, 4) is 0 Å². The van der Waals surface area contributed by atoms with Crippen LogP contribution in [0.2, 0.25) is 0 Å². The standard InChI is InChI=1S/C12H23N3S/c1-9(2)6-10(7-12(3,4)5)15-11(16)13-8-14-15/h8-10H,6-7H2,1-5H3,(H,13,14,16). The van der Waals surface area contributed by atoms with Crippen molar-refractivity contribution in [2.45, 2.75) is 53.5 Å². The van der Waals surface area contributed by atoms with Gasteiger partial charge in [-0.25, -0.2) is 4.98 Å². The molecule has 0 fully saturated rings. The minimum absolute atomic E-state index is 0.305. The molecular formula is C12H23N3S. The van der Waals surface area contributed by atoms with Crippen LogP contribution in [0.5, 0.6) is 0 Å². The highest BCUT2D eigenvalue weighted by atomic mass is 32.1. The first-order valence-corrected chi connectivity index (χ1v) is 6.32. The molecule has 0 aliphatic carbocycles. The van der Waals surface area contributed by atoms with E-state index in [1.807, 2.05) is 4.68 Å². The second kappa shape index (κ2) is 5.13. The van der Waals surface area contributed by atoms with Gasteiger partial charge in [0.15, 0.2) is 0 Å². The molecule has 0 spiro atoms. The van der Waals surface area contributed by atoms with Crippen LogP contribution >= 0.6 is 12.2 Å². The fourth-order valence-corrected chi connectivity index (χ4v) is 2.31. The summed E-state index contributed by atoms with van der Waals surface area (Å²) in [5, 5.41) is 3.13. The molecule has 0 saturated heterocycles. The quantitative estimate of drug-likeness (QED) is 0.809. The summed E-state index contributed by atoms with van der Waals surface area (Å²) >= 11 is 5.22. The summed E-state index contributed by atoms with van der Waals surface area (Å²) in [5.74, 6) is 0.664. The number of aromatic amines is 1. The molecule has 1 heterocycles. The molecule has 0 aromatic carbocycles. The number of hydrogen-bond acceptors (Lipinski definition) is 2. The molecule has 1 N–H and O–H groups in total. The monoisotopic (exact) mass is 241 g/mol. The molecule has 0 aliphatic heterocycles. The van der Waals surface area contributed by atoms with Crippen LogP contribution in [0.4, 0.5) is 0 Å². The van der Waals surface area contributed by atoms with Crippen molar-refractivity contribution in [3.05, 3.63) is 11.1 Å². The maximum Gasteiger partial charge on any atom is 0.216 e. The van der Waals surface area contributed by atoms with Crippen molar-refractivity contribution in [2.24, 2.45) is 11.3 Å². The van der Waals surface area contributed by atoms with Gasteiger partial charge < -0.3 is 0 Å². The van der Waals surface area contributed by atoms with Gasteiger partial charge in [0.05, 0.1) is 6.04 Å². The van der Waals surface area contributed by atoms with Crippen LogP contribution in [-0.4, -0.2) is 14.8 Å². The zero-order valence-electron chi connectivity index (χ0n) is 10.9. The van der Waals surface area contributed by atoms with E-state index in [0.717, 1.165) is 12.8 Å². The summed E-state index contributed by atoms with van der Waals surface area (Å²) in [7, 11) is 0. The lowest BCUT2D eigenvalue weighted by molar-refractivity contribution is 0.247. The smallest absolute Gasteiger partial charge is 0.216 e. The average molecular weight is 241 g/mol. The van der Waals surface area contributed by atoms with E-state index < -0.39 is 0 Å². The molecule has 1 rings (SSSR count). The molecule has 92 valence electrons. The van der Waals surface area contributed by atoms with Gasteiger partial charge in [-0.15, -0.1) is 0 Å². The molecule has 0 saturated carbocycles. The number of nitrogens with one attached hydrogen (secondary N) is 1. The van der Waals surface area contributed by atoms with Gasteiger partial charge >= 0.3 is 0 Å². The number of rotatable bonds is 4. The largest absolute Gasteiger partial charge is 0.285 e. The molecule has 1 unspecified atom stereocenters. The van der Waals surface area contributed by atoms with E-state index in [1.165, 1.54) is 0 Å². The Kier molecular flexibility index (Phi) is 4.30. The van der Waals surface area contributed by atoms with Gasteiger partial charge in [-0.1, -0.05) is 34.6 Å². The molecule has 3 nitrogen and oxygen atoms in total. The van der Waals surface area contributed by atoms with Crippen LogP contribution in [0.25, 0.3) is 0 Å². The van der Waals surface area contributed by atoms with Crippen LogP contribution in [0.3, 0.4) is 0 Å². The van der Waals surface area contributed by atoms with Crippen molar-refractivity contribution in [3.63, 3.8) is 0 Å². The number of H-pyrrole nitrogens is 1. The van der Waals surface area contributed by atoms with Crippen LogP contribution in [0, 0.1) is 16.1 Å². The Hall–Kier alpha value is -0.640. The minimum atomic E-state index is 0.305. The van der Waals surface area contributed by atoms with Gasteiger partial charge in [-0.05, 0) is 36.4 Å². The Bertz CT molecular complexity index is 370. The van der Waals surface area contributed by atoms with Gasteiger partial charge in [-0.3, -0.25) is 9.78 Å². The molecule has 1 atom stereocenters. The van der Waals surface area contributed by atoms with E-state index in [4.69, 9.17) is 12.2 Å². The third kappa shape index (κ3) is 4.08. The fraction of sp³-hybridized carbons (Fsp3) is 0.833. The van der Waals surface area contributed by atoms with Crippen molar-refractivity contribution in [1.82, 2.24) is 14.8 Å². The van der Waals surface area contributed by atoms with E-state index in [2.05, 4.69) is 44.7 Å². The van der Waals surface area contributed by atoms with Crippen molar-refractivity contribution in [2.75, 3.05) is 0 Å². The predicted molar refractivity (Wildman–Crippen MR) is 70.0 cm³/mol. The number of hydrogen-bond donors (Lipinski definition) is 1. The topological polar surface area (TPSA) is 33.6 Å². The highest BCUT2D eigenvalue weighted by Gasteiger charge is 2.21. The molecule has 1 aromatic heterocycles. The summed E-state index contributed by atoms with van der Waals surface area (Å²) in [6, 6.07) is 0.426. The van der Waals surface area contributed by atoms with Gasteiger partial charge in [-0.2, -0.15) is 0 Å². The molecule has 0 radical (unpaired) electrons. The zero-order chi connectivity index (χ0) is 12.3. The molecule has 0 amide bonds. The zero-order valence-corrected chi connectivity index (χ0v) is 11.8. The number of aromatic nitrogens is 3. The van der Waals surface area contributed by atoms with E-state index in [1.54, 1.807) is 6.33 Å². The van der Waals surface area contributed by atoms with E-state index in [0.29, 0.717) is 22.1 Å². The third-order valence-electron chi connectivity index (χ3n) is 2.53. The summed E-state index contributed by atoms with van der Waals surface area (Å²) in [5.41, 5.74) is 0.305. The summed E-state index contributed by atoms with van der Waals surface area (Å²) in [4.78, 5) is 4.10. The molecule has 16 heavy (non-hydrogen) atoms. The first-order chi connectivity index (χ1) is 7.29. The van der Waals surface area contributed by atoms with Gasteiger partial charge in [0.2, 0.25) is 4.77 Å². The molecule has 0 aliphatic rings. The maximum atomic E-state index is 5.22. The lowest BCUT2D eigenvalue weighted by Crippen LogP contribution is -2.20. The van der Waals surface area contributed by atoms with Gasteiger partial charge in [0.1, 0.15) is 6.33 Å². The second-order valence-corrected chi connectivity index (χ2v) is 6.45. The third-order valence-corrected chi connectivity index (χ3v) is 2.84. The fourth-order valence-electron chi connectivity index (χ4n) is 2.06. The van der Waals surface area contributed by atoms with Gasteiger partial charge in [0, 0.05) is 0 Å². The highest BCUT2D eigenvalue weighted by Crippen LogP contribution is 2.31. The minimum Gasteiger partial charge on any atom is -0.285 e. The van der Waals surface area contributed by atoms with E-state index in [-0.39, 0.29) is 0 Å². The normalized spacial score (nSPS) is 14.4. The van der Waals surface area contributed by atoms with Crippen LogP contribution < -0.4 is 0 Å². The Balaban J connectivity index is 2.88. The molecular weight excluding hydrogens is 218 g/mol. The first-order valence-electron chi connectivity index (χ1n) is 5.91. The predicted octanol–water partition coefficient (Wildman–Crippen LogP) is 3.96. The summed E-state index contributed by atoms with van der Waals surface area (Å²) in [6.07, 6.45) is 3.92. The molecule has 0 bridgehead atoms. The van der Waals surface area contributed by atoms with Gasteiger partial charge in [0.25, 0.3) is 0 Å². The van der Waals surface area contributed by atoms with E-state index >= 15 is 0 Å². The van der Waals surface area contributed by atoms with Crippen LogP contribution in [0.1, 0.15) is 53.5 Å². The second-order valence-electron chi connectivity index (χ2n) is 6.09. The average Bonchev–Trinajstić information content (AvgIpc) is 2.46. The Labute approximate surface area is 103 Å². The molecule has 4 heteroatoms. The summed E-state index contributed by atoms with van der Waals surface area (Å²) in [6.45, 7) is 11.3. The van der Waals surface area contributed by atoms with Crippen molar-refractivity contribution < 1.29 is 0 Å². The van der Waals surface area contributed by atoms with Crippen molar-refractivity contribution in [1.29, 1.82) is 0 Å². The van der Waals surface area contributed by atoms with E-state index in [9.17, 15) is 0 Å². The Morgan fingerprint density at radius 1 is 1.44 bits per heavy atom.